The van der Waals surface area contributed by atoms with Crippen LogP contribution in [0, 0.1) is 0 Å². The summed E-state index contributed by atoms with van der Waals surface area (Å²) in [6.07, 6.45) is 3.96. The molecule has 0 aliphatic heterocycles. The van der Waals surface area contributed by atoms with Crippen LogP contribution in [0.2, 0.25) is 0 Å². The first-order valence-corrected chi connectivity index (χ1v) is 8.14. The summed E-state index contributed by atoms with van der Waals surface area (Å²) < 4.78 is 0. The molecule has 4 aromatic rings. The molecule has 2 aromatic heterocycles. The number of para-hydroxylation sites is 1. The van der Waals surface area contributed by atoms with Crippen LogP contribution >= 0.6 is 0 Å². The smallest absolute Gasteiger partial charge is 0.274 e. The van der Waals surface area contributed by atoms with Gasteiger partial charge in [0.2, 0.25) is 5.95 Å². The van der Waals surface area contributed by atoms with Crippen LogP contribution in [0.5, 0.6) is 0 Å². The highest BCUT2D eigenvalue weighted by molar-refractivity contribution is 5.99. The van der Waals surface area contributed by atoms with Crippen molar-refractivity contribution < 1.29 is 0 Å². The van der Waals surface area contributed by atoms with Gasteiger partial charge in [-0.2, -0.15) is 5.10 Å². The molecule has 0 spiro atoms. The number of hydrogen-bond acceptors (Lipinski definition) is 5. The second kappa shape index (κ2) is 7.02. The van der Waals surface area contributed by atoms with E-state index in [1.807, 2.05) is 60.8 Å². The minimum atomic E-state index is -0.284. The minimum Gasteiger partial charge on any atom is -0.361 e. The Kier molecular flexibility index (Phi) is 4.26. The fraction of sp³-hybridized carbons (Fsp3) is 0.0526. The highest BCUT2D eigenvalue weighted by Gasteiger charge is 2.05. The van der Waals surface area contributed by atoms with Crippen LogP contribution in [-0.4, -0.2) is 26.4 Å². The highest BCUT2D eigenvalue weighted by Crippen LogP contribution is 2.15. The summed E-state index contributed by atoms with van der Waals surface area (Å²) in [5, 5.41) is 13.2. The molecule has 0 aliphatic carbocycles. The van der Waals surface area contributed by atoms with Crippen molar-refractivity contribution >= 4 is 23.1 Å². The maximum atomic E-state index is 12.2. The summed E-state index contributed by atoms with van der Waals surface area (Å²) in [5.41, 5.74) is 5.76. The first kappa shape index (κ1) is 15.8. The SMILES string of the molecule is O=c1[nH]c(N/N=C/c2c[nH]c3ccccc23)nnc1Cc1ccccc1. The Morgan fingerprint density at radius 3 is 2.69 bits per heavy atom. The number of benzene rings is 2. The lowest BCUT2D eigenvalue weighted by molar-refractivity contribution is 0.866. The topological polar surface area (TPSA) is 98.8 Å². The van der Waals surface area contributed by atoms with Gasteiger partial charge in [-0.3, -0.25) is 9.78 Å². The zero-order valence-electron chi connectivity index (χ0n) is 13.8. The molecule has 0 atom stereocenters. The second-order valence-corrected chi connectivity index (χ2v) is 5.77. The first-order chi connectivity index (χ1) is 12.8. The average molecular weight is 344 g/mol. The summed E-state index contributed by atoms with van der Waals surface area (Å²) in [5.74, 6) is 0.197. The van der Waals surface area contributed by atoms with Crippen LogP contribution < -0.4 is 11.0 Å². The third-order valence-corrected chi connectivity index (χ3v) is 3.97. The Hall–Kier alpha value is -3.74. The van der Waals surface area contributed by atoms with Crippen LogP contribution in [0.25, 0.3) is 10.9 Å². The summed E-state index contributed by atoms with van der Waals surface area (Å²) in [6.45, 7) is 0. The van der Waals surface area contributed by atoms with Gasteiger partial charge in [-0.1, -0.05) is 48.5 Å². The zero-order valence-corrected chi connectivity index (χ0v) is 13.8. The highest BCUT2D eigenvalue weighted by atomic mass is 16.1. The van der Waals surface area contributed by atoms with Gasteiger partial charge in [-0.15, -0.1) is 10.2 Å². The van der Waals surface area contributed by atoms with Gasteiger partial charge in [0.1, 0.15) is 5.69 Å². The fourth-order valence-corrected chi connectivity index (χ4v) is 2.68. The number of rotatable bonds is 5. The van der Waals surface area contributed by atoms with Crippen LogP contribution in [0.1, 0.15) is 16.8 Å². The molecule has 0 radical (unpaired) electrons. The second-order valence-electron chi connectivity index (χ2n) is 5.77. The molecule has 128 valence electrons. The lowest BCUT2D eigenvalue weighted by Gasteiger charge is -2.01. The Labute approximate surface area is 148 Å². The molecule has 7 heteroatoms. The number of aromatic amines is 2. The number of hydrazone groups is 1. The summed E-state index contributed by atoms with van der Waals surface area (Å²) in [4.78, 5) is 18.0. The number of hydrogen-bond donors (Lipinski definition) is 3. The third kappa shape index (κ3) is 3.36. The quantitative estimate of drug-likeness (QED) is 0.383. The van der Waals surface area contributed by atoms with E-state index in [1.54, 1.807) is 6.21 Å². The van der Waals surface area contributed by atoms with Crippen molar-refractivity contribution in [3.8, 4) is 0 Å². The van der Waals surface area contributed by atoms with Gasteiger partial charge in [-0.25, -0.2) is 5.43 Å². The van der Waals surface area contributed by atoms with Crippen molar-refractivity contribution in [2.45, 2.75) is 6.42 Å². The van der Waals surface area contributed by atoms with E-state index in [9.17, 15) is 4.79 Å². The fourth-order valence-electron chi connectivity index (χ4n) is 2.68. The summed E-state index contributed by atoms with van der Waals surface area (Å²) in [7, 11) is 0. The van der Waals surface area contributed by atoms with Gasteiger partial charge in [0.25, 0.3) is 5.56 Å². The Morgan fingerprint density at radius 2 is 1.85 bits per heavy atom. The maximum absolute atomic E-state index is 12.2. The molecule has 0 fully saturated rings. The lowest BCUT2D eigenvalue weighted by Crippen LogP contribution is -2.18. The average Bonchev–Trinajstić information content (AvgIpc) is 3.08. The molecule has 26 heavy (non-hydrogen) atoms. The molecular formula is C19H16N6O. The van der Waals surface area contributed by atoms with Crippen molar-refractivity contribution in [2.75, 3.05) is 5.43 Å². The largest absolute Gasteiger partial charge is 0.361 e. The number of anilines is 1. The van der Waals surface area contributed by atoms with E-state index in [-0.39, 0.29) is 11.5 Å². The minimum absolute atomic E-state index is 0.197. The van der Waals surface area contributed by atoms with Crippen molar-refractivity contribution in [3.05, 3.63) is 88.0 Å². The van der Waals surface area contributed by atoms with E-state index >= 15 is 0 Å². The van der Waals surface area contributed by atoms with Crippen LogP contribution in [0.4, 0.5) is 5.95 Å². The van der Waals surface area contributed by atoms with Gasteiger partial charge in [0, 0.05) is 29.1 Å². The van der Waals surface area contributed by atoms with Gasteiger partial charge < -0.3 is 4.98 Å². The molecule has 0 amide bonds. The molecule has 0 bridgehead atoms. The predicted octanol–water partition coefficient (Wildman–Crippen LogP) is 2.68. The van der Waals surface area contributed by atoms with Gasteiger partial charge in [0.15, 0.2) is 0 Å². The molecule has 7 nitrogen and oxygen atoms in total. The van der Waals surface area contributed by atoms with E-state index in [0.717, 1.165) is 22.0 Å². The molecule has 3 N–H and O–H groups in total. The van der Waals surface area contributed by atoms with Crippen molar-refractivity contribution in [2.24, 2.45) is 5.10 Å². The summed E-state index contributed by atoms with van der Waals surface area (Å²) in [6, 6.07) is 17.6. The van der Waals surface area contributed by atoms with Gasteiger partial charge in [-0.05, 0) is 11.6 Å². The van der Waals surface area contributed by atoms with Gasteiger partial charge in [0.05, 0.1) is 6.21 Å². The van der Waals surface area contributed by atoms with E-state index in [0.29, 0.717) is 12.1 Å². The van der Waals surface area contributed by atoms with E-state index < -0.39 is 0 Å². The molecule has 0 aliphatic rings. The number of nitrogens with zero attached hydrogens (tertiary/aromatic N) is 3. The van der Waals surface area contributed by atoms with Crippen molar-refractivity contribution in [3.63, 3.8) is 0 Å². The molecular weight excluding hydrogens is 328 g/mol. The normalized spacial score (nSPS) is 11.2. The molecule has 0 unspecified atom stereocenters. The Morgan fingerprint density at radius 1 is 1.04 bits per heavy atom. The molecule has 0 saturated carbocycles. The number of H-pyrrole nitrogens is 2. The predicted molar refractivity (Wildman–Crippen MR) is 101 cm³/mol. The van der Waals surface area contributed by atoms with Crippen LogP contribution in [0.3, 0.4) is 0 Å². The monoisotopic (exact) mass is 344 g/mol. The number of nitrogens with one attached hydrogen (secondary N) is 3. The molecule has 4 rings (SSSR count). The number of fused-ring (bicyclic) bond motifs is 1. The van der Waals surface area contributed by atoms with Crippen molar-refractivity contribution in [1.82, 2.24) is 20.2 Å². The maximum Gasteiger partial charge on any atom is 0.274 e. The van der Waals surface area contributed by atoms with Crippen LogP contribution in [-0.2, 0) is 6.42 Å². The molecule has 2 aromatic carbocycles. The molecule has 0 saturated heterocycles. The first-order valence-electron chi connectivity index (χ1n) is 8.14. The van der Waals surface area contributed by atoms with Crippen molar-refractivity contribution in [1.29, 1.82) is 0 Å². The third-order valence-electron chi connectivity index (χ3n) is 3.97. The molecule has 2 heterocycles. The lowest BCUT2D eigenvalue weighted by atomic mass is 10.1. The zero-order chi connectivity index (χ0) is 17.8. The Bertz CT molecular complexity index is 1110. The van der Waals surface area contributed by atoms with Crippen LogP contribution in [0.15, 0.2) is 70.7 Å². The Balaban J connectivity index is 1.47. The van der Waals surface area contributed by atoms with E-state index in [2.05, 4.69) is 30.7 Å². The van der Waals surface area contributed by atoms with E-state index in [1.165, 1.54) is 0 Å². The number of aromatic nitrogens is 4. The van der Waals surface area contributed by atoms with E-state index in [4.69, 9.17) is 0 Å². The van der Waals surface area contributed by atoms with Gasteiger partial charge >= 0.3 is 0 Å². The summed E-state index contributed by atoms with van der Waals surface area (Å²) >= 11 is 0. The standard InChI is InChI=1S/C19H16N6O/c26-18-17(10-13-6-2-1-3-7-13)23-25-19(22-18)24-21-12-14-11-20-16-9-5-4-8-15(14)16/h1-9,11-12,20H,10H2,(H2,22,24,25,26)/b21-12+.